The summed E-state index contributed by atoms with van der Waals surface area (Å²) in [5.74, 6) is 6.58. The zero-order chi connectivity index (χ0) is 13.8. The summed E-state index contributed by atoms with van der Waals surface area (Å²) in [4.78, 5) is 0. The molecule has 0 saturated carbocycles. The van der Waals surface area contributed by atoms with Gasteiger partial charge in [-0.1, -0.05) is 0 Å². The van der Waals surface area contributed by atoms with Crippen molar-refractivity contribution in [1.82, 2.24) is 5.32 Å². The lowest BCUT2D eigenvalue weighted by molar-refractivity contribution is 0.433. The van der Waals surface area contributed by atoms with E-state index >= 15 is 0 Å². The summed E-state index contributed by atoms with van der Waals surface area (Å²) in [6.07, 6.45) is 1.69. The number of aryl methyl sites for hydroxylation is 1. The van der Waals surface area contributed by atoms with E-state index in [9.17, 15) is 4.39 Å². The molecule has 2 aromatic rings. The van der Waals surface area contributed by atoms with Crippen LogP contribution in [0.25, 0.3) is 11.0 Å². The zero-order valence-electron chi connectivity index (χ0n) is 11.5. The standard InChI is InChI=1S/C16H18FNO/c1-4-5-6-7-14(18-3)16-11(2)13-10-12(17)8-9-15(13)19-16/h8-10,14,18H,6-7H2,1-3H3. The maximum atomic E-state index is 13.3. The summed E-state index contributed by atoms with van der Waals surface area (Å²) >= 11 is 0. The smallest absolute Gasteiger partial charge is 0.134 e. The minimum absolute atomic E-state index is 0.108. The van der Waals surface area contributed by atoms with Crippen molar-refractivity contribution in [3.63, 3.8) is 0 Å². The molecule has 0 fully saturated rings. The molecule has 0 aliphatic heterocycles. The Morgan fingerprint density at radius 2 is 2.21 bits per heavy atom. The van der Waals surface area contributed by atoms with Gasteiger partial charge < -0.3 is 9.73 Å². The molecule has 1 heterocycles. The van der Waals surface area contributed by atoms with E-state index in [2.05, 4.69) is 17.2 Å². The molecule has 1 aromatic carbocycles. The lowest BCUT2D eigenvalue weighted by Crippen LogP contribution is -2.16. The SMILES string of the molecule is CC#CCCC(NC)c1oc2ccc(F)cc2c1C. The van der Waals surface area contributed by atoms with E-state index in [4.69, 9.17) is 4.42 Å². The summed E-state index contributed by atoms with van der Waals surface area (Å²) in [6.45, 7) is 3.81. The van der Waals surface area contributed by atoms with Crippen LogP contribution in [0, 0.1) is 24.6 Å². The number of rotatable bonds is 4. The van der Waals surface area contributed by atoms with Crippen molar-refractivity contribution < 1.29 is 8.81 Å². The number of furan rings is 1. The van der Waals surface area contributed by atoms with E-state index < -0.39 is 0 Å². The molecule has 0 aliphatic rings. The van der Waals surface area contributed by atoms with Gasteiger partial charge in [0.15, 0.2) is 0 Å². The van der Waals surface area contributed by atoms with Crippen LogP contribution in [0.5, 0.6) is 0 Å². The molecule has 0 aliphatic carbocycles. The molecule has 0 saturated heterocycles. The predicted octanol–water partition coefficient (Wildman–Crippen LogP) is 3.94. The molecule has 100 valence electrons. The minimum Gasteiger partial charge on any atom is -0.459 e. The quantitative estimate of drug-likeness (QED) is 0.841. The monoisotopic (exact) mass is 259 g/mol. The van der Waals surface area contributed by atoms with Crippen molar-refractivity contribution in [3.8, 4) is 11.8 Å². The molecule has 1 atom stereocenters. The molecular formula is C16H18FNO. The lowest BCUT2D eigenvalue weighted by atomic mass is 10.0. The van der Waals surface area contributed by atoms with Gasteiger partial charge in [-0.2, -0.15) is 0 Å². The van der Waals surface area contributed by atoms with Crippen LogP contribution in [0.3, 0.4) is 0 Å². The average Bonchev–Trinajstić information content (AvgIpc) is 2.72. The fourth-order valence-corrected chi connectivity index (χ4v) is 2.29. The van der Waals surface area contributed by atoms with Gasteiger partial charge in [0.25, 0.3) is 0 Å². The number of benzene rings is 1. The van der Waals surface area contributed by atoms with Gasteiger partial charge in [0.05, 0.1) is 6.04 Å². The van der Waals surface area contributed by atoms with Crippen molar-refractivity contribution in [3.05, 3.63) is 35.3 Å². The highest BCUT2D eigenvalue weighted by atomic mass is 19.1. The molecule has 1 N–H and O–H groups in total. The summed E-state index contributed by atoms with van der Waals surface area (Å²) in [5.41, 5.74) is 1.73. The Balaban J connectivity index is 2.36. The molecule has 0 bridgehead atoms. The van der Waals surface area contributed by atoms with E-state index in [-0.39, 0.29) is 11.9 Å². The van der Waals surface area contributed by atoms with Crippen LogP contribution >= 0.6 is 0 Å². The molecule has 0 amide bonds. The summed E-state index contributed by atoms with van der Waals surface area (Å²) in [7, 11) is 1.90. The number of fused-ring (bicyclic) bond motifs is 1. The second-order valence-electron chi connectivity index (χ2n) is 4.54. The second-order valence-corrected chi connectivity index (χ2v) is 4.54. The van der Waals surface area contributed by atoms with Gasteiger partial charge in [0.2, 0.25) is 0 Å². The summed E-state index contributed by atoms with van der Waals surface area (Å²) in [5, 5.41) is 4.08. The number of nitrogens with one attached hydrogen (secondary N) is 1. The Morgan fingerprint density at radius 3 is 2.89 bits per heavy atom. The topological polar surface area (TPSA) is 25.2 Å². The molecule has 19 heavy (non-hydrogen) atoms. The van der Waals surface area contributed by atoms with Crippen molar-refractivity contribution >= 4 is 11.0 Å². The summed E-state index contributed by atoms with van der Waals surface area (Å²) < 4.78 is 19.1. The predicted molar refractivity (Wildman–Crippen MR) is 75.4 cm³/mol. The third kappa shape index (κ3) is 2.80. The first kappa shape index (κ1) is 13.6. The van der Waals surface area contributed by atoms with Crippen LogP contribution in [0.4, 0.5) is 4.39 Å². The summed E-state index contributed by atoms with van der Waals surface area (Å²) in [6, 6.07) is 4.73. The van der Waals surface area contributed by atoms with Crippen molar-refractivity contribution in [2.24, 2.45) is 0 Å². The van der Waals surface area contributed by atoms with E-state index in [1.165, 1.54) is 12.1 Å². The Morgan fingerprint density at radius 1 is 1.42 bits per heavy atom. The highest BCUT2D eigenvalue weighted by molar-refractivity contribution is 5.82. The van der Waals surface area contributed by atoms with Gasteiger partial charge in [-0.3, -0.25) is 0 Å². The van der Waals surface area contributed by atoms with Gasteiger partial charge in [0, 0.05) is 17.4 Å². The largest absolute Gasteiger partial charge is 0.459 e. The number of hydrogen-bond acceptors (Lipinski definition) is 2. The second kappa shape index (κ2) is 5.90. The Hall–Kier alpha value is -1.79. The highest BCUT2D eigenvalue weighted by Gasteiger charge is 2.18. The van der Waals surface area contributed by atoms with Gasteiger partial charge >= 0.3 is 0 Å². The average molecular weight is 259 g/mol. The van der Waals surface area contributed by atoms with E-state index in [1.807, 2.05) is 20.9 Å². The Labute approximate surface area is 113 Å². The van der Waals surface area contributed by atoms with Crippen molar-refractivity contribution in [2.75, 3.05) is 7.05 Å². The third-order valence-electron chi connectivity index (χ3n) is 3.33. The van der Waals surface area contributed by atoms with Crippen LogP contribution < -0.4 is 5.32 Å². The van der Waals surface area contributed by atoms with E-state index in [1.54, 1.807) is 6.07 Å². The molecule has 1 aromatic heterocycles. The first-order chi connectivity index (χ1) is 9.17. The molecular weight excluding hydrogens is 241 g/mol. The fourth-order valence-electron chi connectivity index (χ4n) is 2.29. The maximum Gasteiger partial charge on any atom is 0.134 e. The number of halogens is 1. The van der Waals surface area contributed by atoms with Crippen LogP contribution in [-0.4, -0.2) is 7.05 Å². The van der Waals surface area contributed by atoms with E-state index in [0.717, 1.165) is 35.1 Å². The highest BCUT2D eigenvalue weighted by Crippen LogP contribution is 2.31. The van der Waals surface area contributed by atoms with Crippen molar-refractivity contribution in [2.45, 2.75) is 32.7 Å². The van der Waals surface area contributed by atoms with Gasteiger partial charge in [-0.25, -0.2) is 4.39 Å². The first-order valence-corrected chi connectivity index (χ1v) is 6.42. The maximum absolute atomic E-state index is 13.3. The molecule has 2 nitrogen and oxygen atoms in total. The minimum atomic E-state index is -0.235. The van der Waals surface area contributed by atoms with Crippen LogP contribution in [0.15, 0.2) is 22.6 Å². The normalized spacial score (nSPS) is 12.2. The Kier molecular flexibility index (Phi) is 4.24. The first-order valence-electron chi connectivity index (χ1n) is 6.42. The van der Waals surface area contributed by atoms with Crippen LogP contribution in [0.1, 0.15) is 37.1 Å². The van der Waals surface area contributed by atoms with Gasteiger partial charge in [-0.15, -0.1) is 11.8 Å². The molecule has 0 radical (unpaired) electrons. The third-order valence-corrected chi connectivity index (χ3v) is 3.33. The molecule has 1 unspecified atom stereocenters. The Bertz CT molecular complexity index is 633. The van der Waals surface area contributed by atoms with Crippen molar-refractivity contribution in [1.29, 1.82) is 0 Å². The van der Waals surface area contributed by atoms with Gasteiger partial charge in [-0.05, 0) is 45.5 Å². The zero-order valence-corrected chi connectivity index (χ0v) is 11.5. The van der Waals surface area contributed by atoms with Crippen LogP contribution in [0.2, 0.25) is 0 Å². The molecule has 2 rings (SSSR count). The molecule has 0 spiro atoms. The fraction of sp³-hybridized carbons (Fsp3) is 0.375. The van der Waals surface area contributed by atoms with Crippen LogP contribution in [-0.2, 0) is 0 Å². The molecule has 3 heteroatoms. The lowest BCUT2D eigenvalue weighted by Gasteiger charge is -2.12. The van der Waals surface area contributed by atoms with E-state index in [0.29, 0.717) is 0 Å². The number of hydrogen-bond donors (Lipinski definition) is 1. The van der Waals surface area contributed by atoms with Gasteiger partial charge in [0.1, 0.15) is 17.2 Å².